The second-order valence-electron chi connectivity index (χ2n) is 3.48. The first kappa shape index (κ1) is 10.2. The van der Waals surface area contributed by atoms with Gasteiger partial charge in [0.15, 0.2) is 0 Å². The fraction of sp³-hybridized carbons (Fsp3) is 0.300. The summed E-state index contributed by atoms with van der Waals surface area (Å²) in [5, 5.41) is 19.6. The third-order valence-electron chi connectivity index (χ3n) is 2.33. The number of fused-ring (bicyclic) bond motifs is 1. The van der Waals surface area contributed by atoms with E-state index in [2.05, 4.69) is 4.98 Å². The number of aliphatic hydroxyl groups is 2. The summed E-state index contributed by atoms with van der Waals surface area (Å²) in [4.78, 5) is 4.55. The zero-order valence-electron chi connectivity index (χ0n) is 8.39. The molecule has 1 aromatic heterocycles. The molecule has 0 saturated carbocycles. The summed E-state index contributed by atoms with van der Waals surface area (Å²) in [5.74, 6) is 0.105. The van der Waals surface area contributed by atoms with Crippen molar-refractivity contribution in [1.29, 1.82) is 0 Å². The number of hydrogen-bond donors (Lipinski definition) is 2. The molecule has 1 heterocycles. The predicted octanol–water partition coefficient (Wildman–Crippen LogP) is 2.36. The zero-order valence-corrected chi connectivity index (χ0v) is 9.21. The molecular weight excluding hydrogens is 214 g/mol. The first-order valence-electron chi connectivity index (χ1n) is 4.39. The number of hydrogen-bond acceptors (Lipinski definition) is 5. The molecule has 0 amide bonds. The number of ether oxygens (including phenoxy) is 1. The number of methoxy groups -OCH3 is 1. The molecular formula is C10H11NO3S. The van der Waals surface area contributed by atoms with Gasteiger partial charge < -0.3 is 14.9 Å². The maximum atomic E-state index is 9.82. The molecule has 2 rings (SSSR count). The van der Waals surface area contributed by atoms with E-state index in [0.29, 0.717) is 10.6 Å². The van der Waals surface area contributed by atoms with Crippen molar-refractivity contribution < 1.29 is 14.9 Å². The van der Waals surface area contributed by atoms with Gasteiger partial charge in [-0.2, -0.15) is 0 Å². The highest BCUT2D eigenvalue weighted by Gasteiger charge is 2.27. The monoisotopic (exact) mass is 225 g/mol. The SMILES string of the molecule is COC1(C)C=C(O)c2ncsc2C(O)=C1. The quantitative estimate of drug-likeness (QED) is 0.770. The predicted molar refractivity (Wildman–Crippen MR) is 58.7 cm³/mol. The van der Waals surface area contributed by atoms with Crippen LogP contribution >= 0.6 is 11.3 Å². The van der Waals surface area contributed by atoms with Gasteiger partial charge in [-0.25, -0.2) is 4.98 Å². The molecule has 0 fully saturated rings. The fourth-order valence-corrected chi connectivity index (χ4v) is 2.16. The van der Waals surface area contributed by atoms with E-state index < -0.39 is 5.60 Å². The van der Waals surface area contributed by atoms with Gasteiger partial charge in [-0.05, 0) is 19.1 Å². The lowest BCUT2D eigenvalue weighted by atomic mass is 10.1. The molecule has 4 nitrogen and oxygen atoms in total. The van der Waals surface area contributed by atoms with E-state index in [-0.39, 0.29) is 11.5 Å². The van der Waals surface area contributed by atoms with Gasteiger partial charge in [-0.15, -0.1) is 11.3 Å². The van der Waals surface area contributed by atoms with Crippen LogP contribution in [0.5, 0.6) is 0 Å². The molecule has 1 aliphatic rings. The Labute approximate surface area is 91.2 Å². The molecule has 0 bridgehead atoms. The van der Waals surface area contributed by atoms with Crippen LogP contribution in [0.25, 0.3) is 11.5 Å². The Bertz CT molecular complexity index is 413. The fourth-order valence-electron chi connectivity index (χ4n) is 1.45. The first-order chi connectivity index (χ1) is 7.06. The molecule has 15 heavy (non-hydrogen) atoms. The van der Waals surface area contributed by atoms with Crippen LogP contribution < -0.4 is 0 Å². The standard InChI is InChI=1S/C10H11NO3S/c1-10(14-2)3-6(12)8-9(7(13)4-10)15-5-11-8/h3-5,12-13H,1-2H3. The minimum atomic E-state index is -0.811. The van der Waals surface area contributed by atoms with Crippen LogP contribution in [0.1, 0.15) is 17.5 Å². The van der Waals surface area contributed by atoms with Crippen molar-refractivity contribution in [3.8, 4) is 0 Å². The highest BCUT2D eigenvalue weighted by molar-refractivity contribution is 7.11. The number of rotatable bonds is 1. The van der Waals surface area contributed by atoms with Gasteiger partial charge in [-0.3, -0.25) is 0 Å². The maximum absolute atomic E-state index is 9.82. The van der Waals surface area contributed by atoms with Crippen molar-refractivity contribution in [2.75, 3.05) is 7.11 Å². The van der Waals surface area contributed by atoms with E-state index in [1.54, 1.807) is 18.5 Å². The Morgan fingerprint density at radius 2 is 2.00 bits per heavy atom. The average molecular weight is 225 g/mol. The molecule has 1 aliphatic carbocycles. The average Bonchev–Trinajstić information content (AvgIpc) is 2.62. The van der Waals surface area contributed by atoms with E-state index in [4.69, 9.17) is 4.74 Å². The lowest BCUT2D eigenvalue weighted by Crippen LogP contribution is -2.21. The van der Waals surface area contributed by atoms with Gasteiger partial charge in [-0.1, -0.05) is 0 Å². The van der Waals surface area contributed by atoms with Crippen LogP contribution in [0.4, 0.5) is 0 Å². The number of aliphatic hydroxyl groups excluding tert-OH is 2. The van der Waals surface area contributed by atoms with Crippen molar-refractivity contribution in [2.24, 2.45) is 0 Å². The summed E-state index contributed by atoms with van der Waals surface area (Å²) >= 11 is 1.28. The Morgan fingerprint density at radius 3 is 2.67 bits per heavy atom. The molecule has 1 aromatic rings. The van der Waals surface area contributed by atoms with Gasteiger partial charge >= 0.3 is 0 Å². The number of nitrogens with zero attached hydrogens (tertiary/aromatic N) is 1. The summed E-state index contributed by atoms with van der Waals surface area (Å²) < 4.78 is 5.20. The second kappa shape index (κ2) is 3.36. The molecule has 0 saturated heterocycles. The van der Waals surface area contributed by atoms with Crippen LogP contribution in [0.15, 0.2) is 17.7 Å². The van der Waals surface area contributed by atoms with Crippen molar-refractivity contribution in [3.63, 3.8) is 0 Å². The summed E-state index contributed by atoms with van der Waals surface area (Å²) in [7, 11) is 1.51. The maximum Gasteiger partial charge on any atom is 0.142 e. The van der Waals surface area contributed by atoms with Crippen LogP contribution in [-0.4, -0.2) is 27.9 Å². The van der Waals surface area contributed by atoms with Crippen molar-refractivity contribution >= 4 is 22.9 Å². The van der Waals surface area contributed by atoms with Crippen molar-refractivity contribution in [1.82, 2.24) is 4.98 Å². The molecule has 1 unspecified atom stereocenters. The minimum Gasteiger partial charge on any atom is -0.507 e. The van der Waals surface area contributed by atoms with E-state index in [1.807, 2.05) is 0 Å². The molecule has 0 aromatic carbocycles. The van der Waals surface area contributed by atoms with Gasteiger partial charge in [0.2, 0.25) is 0 Å². The van der Waals surface area contributed by atoms with Crippen LogP contribution in [0.2, 0.25) is 0 Å². The summed E-state index contributed by atoms with van der Waals surface area (Å²) in [5.41, 5.74) is 1.16. The lowest BCUT2D eigenvalue weighted by molar-refractivity contribution is 0.0894. The topological polar surface area (TPSA) is 62.6 Å². The minimum absolute atomic E-state index is 0.0240. The lowest BCUT2D eigenvalue weighted by Gasteiger charge is -2.19. The second-order valence-corrected chi connectivity index (χ2v) is 4.33. The van der Waals surface area contributed by atoms with Crippen molar-refractivity contribution in [2.45, 2.75) is 12.5 Å². The highest BCUT2D eigenvalue weighted by Crippen LogP contribution is 2.33. The Morgan fingerprint density at radius 1 is 1.33 bits per heavy atom. The smallest absolute Gasteiger partial charge is 0.142 e. The third-order valence-corrected chi connectivity index (χ3v) is 3.18. The first-order valence-corrected chi connectivity index (χ1v) is 5.27. The van der Waals surface area contributed by atoms with Crippen LogP contribution in [-0.2, 0) is 4.74 Å². The highest BCUT2D eigenvalue weighted by atomic mass is 32.1. The van der Waals surface area contributed by atoms with E-state index >= 15 is 0 Å². The Kier molecular flexibility index (Phi) is 2.28. The van der Waals surface area contributed by atoms with Crippen LogP contribution in [0.3, 0.4) is 0 Å². The van der Waals surface area contributed by atoms with E-state index in [1.165, 1.54) is 24.5 Å². The van der Waals surface area contributed by atoms with Crippen molar-refractivity contribution in [3.05, 3.63) is 28.2 Å². The van der Waals surface area contributed by atoms with Gasteiger partial charge in [0, 0.05) is 7.11 Å². The Hall–Kier alpha value is -1.33. The normalized spacial score (nSPS) is 25.2. The Balaban J connectivity index is 2.61. The van der Waals surface area contributed by atoms with E-state index in [0.717, 1.165) is 0 Å². The molecule has 2 N–H and O–H groups in total. The molecule has 0 aliphatic heterocycles. The van der Waals surface area contributed by atoms with Crippen LogP contribution in [0, 0.1) is 0 Å². The number of aromatic nitrogens is 1. The molecule has 0 spiro atoms. The number of thiazole rings is 1. The summed E-state index contributed by atoms with van der Waals surface area (Å²) in [6.07, 6.45) is 3.07. The molecule has 80 valence electrons. The molecule has 5 heteroatoms. The summed E-state index contributed by atoms with van der Waals surface area (Å²) in [6, 6.07) is 0. The van der Waals surface area contributed by atoms with Gasteiger partial charge in [0.25, 0.3) is 0 Å². The summed E-state index contributed by atoms with van der Waals surface area (Å²) in [6.45, 7) is 1.75. The zero-order chi connectivity index (χ0) is 11.1. The van der Waals surface area contributed by atoms with E-state index in [9.17, 15) is 10.2 Å². The van der Waals surface area contributed by atoms with Gasteiger partial charge in [0.05, 0.1) is 10.4 Å². The molecule has 0 radical (unpaired) electrons. The third kappa shape index (κ3) is 1.64. The van der Waals surface area contributed by atoms with Gasteiger partial charge in [0.1, 0.15) is 22.8 Å². The molecule has 1 atom stereocenters. The largest absolute Gasteiger partial charge is 0.507 e.